The average molecular weight is 260 g/mol. The molecule has 0 bridgehead atoms. The van der Waals surface area contributed by atoms with E-state index in [0.29, 0.717) is 5.92 Å². The summed E-state index contributed by atoms with van der Waals surface area (Å²) in [6.45, 7) is 3.39. The van der Waals surface area contributed by atoms with Crippen LogP contribution in [0.15, 0.2) is 24.3 Å². The number of para-hydroxylation sites is 2. The molecule has 2 heterocycles. The van der Waals surface area contributed by atoms with Gasteiger partial charge in [-0.2, -0.15) is 0 Å². The summed E-state index contributed by atoms with van der Waals surface area (Å²) >= 11 is 0. The lowest BCUT2D eigenvalue weighted by atomic mass is 9.84. The van der Waals surface area contributed by atoms with E-state index in [1.165, 1.54) is 45.2 Å². The molecule has 2 aliphatic rings. The van der Waals surface area contributed by atoms with E-state index >= 15 is 0 Å². The number of hydrogen-bond donors (Lipinski definition) is 1. The Morgan fingerprint density at radius 1 is 1.11 bits per heavy atom. The van der Waals surface area contributed by atoms with Gasteiger partial charge in [-0.25, -0.2) is 0 Å². The smallest absolute Gasteiger partial charge is 0.142 e. The van der Waals surface area contributed by atoms with Gasteiger partial charge in [0.25, 0.3) is 0 Å². The van der Waals surface area contributed by atoms with Crippen molar-refractivity contribution in [2.75, 3.05) is 25.4 Å². The summed E-state index contributed by atoms with van der Waals surface area (Å²) in [5.41, 5.74) is 6.68. The molecule has 0 aliphatic carbocycles. The second-order valence-electron chi connectivity index (χ2n) is 5.85. The number of fused-ring (bicyclic) bond motifs is 1. The highest BCUT2D eigenvalue weighted by Crippen LogP contribution is 2.32. The first-order valence-corrected chi connectivity index (χ1v) is 7.56. The number of anilines is 1. The van der Waals surface area contributed by atoms with Crippen molar-refractivity contribution in [2.45, 2.75) is 38.1 Å². The maximum Gasteiger partial charge on any atom is 0.142 e. The van der Waals surface area contributed by atoms with Crippen molar-refractivity contribution in [1.82, 2.24) is 4.90 Å². The molecule has 0 radical (unpaired) electrons. The van der Waals surface area contributed by atoms with Crippen LogP contribution in [0, 0.1) is 5.92 Å². The third-order valence-electron chi connectivity index (χ3n) is 4.60. The number of nitrogens with two attached hydrogens (primary N) is 1. The van der Waals surface area contributed by atoms with Gasteiger partial charge in [0.2, 0.25) is 0 Å². The molecule has 2 aliphatic heterocycles. The van der Waals surface area contributed by atoms with Gasteiger partial charge in [-0.3, -0.25) is 4.90 Å². The van der Waals surface area contributed by atoms with Crippen molar-refractivity contribution >= 4 is 5.69 Å². The van der Waals surface area contributed by atoms with Crippen LogP contribution in [0.1, 0.15) is 32.1 Å². The number of ether oxygens (including phenoxy) is 1. The van der Waals surface area contributed by atoms with Crippen LogP contribution in [0.5, 0.6) is 5.75 Å². The molecule has 2 fully saturated rings. The van der Waals surface area contributed by atoms with Crippen molar-refractivity contribution in [2.24, 2.45) is 5.92 Å². The molecule has 0 spiro atoms. The van der Waals surface area contributed by atoms with Gasteiger partial charge in [-0.05, 0) is 50.9 Å². The van der Waals surface area contributed by atoms with Gasteiger partial charge >= 0.3 is 0 Å². The summed E-state index contributed by atoms with van der Waals surface area (Å²) in [6.07, 6.45) is 6.71. The van der Waals surface area contributed by atoms with Crippen LogP contribution in [0.25, 0.3) is 0 Å². The third kappa shape index (κ3) is 2.86. The maximum absolute atomic E-state index is 5.97. The molecule has 19 heavy (non-hydrogen) atoms. The highest BCUT2D eigenvalue weighted by atomic mass is 16.5. The molecular weight excluding hydrogens is 236 g/mol. The second-order valence-corrected chi connectivity index (χ2v) is 5.85. The van der Waals surface area contributed by atoms with E-state index in [9.17, 15) is 0 Å². The summed E-state index contributed by atoms with van der Waals surface area (Å²) in [4.78, 5) is 2.68. The normalized spacial score (nSPS) is 27.8. The summed E-state index contributed by atoms with van der Waals surface area (Å²) in [5.74, 6) is 1.52. The van der Waals surface area contributed by atoms with Gasteiger partial charge < -0.3 is 10.5 Å². The Labute approximate surface area is 115 Å². The van der Waals surface area contributed by atoms with Crippen molar-refractivity contribution in [1.29, 1.82) is 0 Å². The zero-order valence-corrected chi connectivity index (χ0v) is 11.6. The van der Waals surface area contributed by atoms with E-state index < -0.39 is 0 Å². The molecule has 0 saturated carbocycles. The Bertz CT molecular complexity index is 419. The Balaban J connectivity index is 1.61. The monoisotopic (exact) mass is 260 g/mol. The van der Waals surface area contributed by atoms with Crippen LogP contribution in [0.4, 0.5) is 5.69 Å². The first kappa shape index (κ1) is 12.8. The lowest BCUT2D eigenvalue weighted by molar-refractivity contribution is 0.0367. The van der Waals surface area contributed by atoms with Crippen molar-refractivity contribution < 1.29 is 4.74 Å². The lowest BCUT2D eigenvalue weighted by Crippen LogP contribution is -2.49. The molecule has 3 heteroatoms. The largest absolute Gasteiger partial charge is 0.491 e. The van der Waals surface area contributed by atoms with E-state index in [2.05, 4.69) is 4.90 Å². The molecule has 1 aromatic rings. The molecule has 2 saturated heterocycles. The van der Waals surface area contributed by atoms with Crippen molar-refractivity contribution in [3.63, 3.8) is 0 Å². The van der Waals surface area contributed by atoms with Crippen LogP contribution >= 0.6 is 0 Å². The van der Waals surface area contributed by atoms with Crippen LogP contribution in [0.2, 0.25) is 0 Å². The van der Waals surface area contributed by atoms with E-state index in [1.807, 2.05) is 24.3 Å². The van der Waals surface area contributed by atoms with Gasteiger partial charge in [0, 0.05) is 12.0 Å². The number of rotatable bonds is 3. The fraction of sp³-hybridized carbons (Fsp3) is 0.625. The molecule has 2 N–H and O–H groups in total. The fourth-order valence-electron chi connectivity index (χ4n) is 3.58. The second kappa shape index (κ2) is 5.83. The minimum atomic E-state index is 0.675. The Morgan fingerprint density at radius 2 is 1.95 bits per heavy atom. The predicted octanol–water partition coefficient (Wildman–Crippen LogP) is 2.91. The van der Waals surface area contributed by atoms with E-state index in [1.54, 1.807) is 0 Å². The Kier molecular flexibility index (Phi) is 3.92. The summed E-state index contributed by atoms with van der Waals surface area (Å²) in [7, 11) is 0. The molecule has 0 amide bonds. The summed E-state index contributed by atoms with van der Waals surface area (Å²) in [5, 5.41) is 0. The van der Waals surface area contributed by atoms with Gasteiger partial charge in [0.15, 0.2) is 0 Å². The van der Waals surface area contributed by atoms with Gasteiger partial charge in [-0.1, -0.05) is 18.6 Å². The number of nitrogen functional groups attached to an aromatic ring is 1. The standard InChI is InChI=1S/C16H24N2O/c17-14-7-1-2-9-16(14)19-12-13-6-5-11-18-10-4-3-8-15(13)18/h1-2,7,9,13,15H,3-6,8,10-12,17H2/t13-,15+/m0/s1. The van der Waals surface area contributed by atoms with Crippen molar-refractivity contribution in [3.05, 3.63) is 24.3 Å². The SMILES string of the molecule is Nc1ccccc1OC[C@@H]1CCCN2CCCC[C@H]12. The minimum absolute atomic E-state index is 0.675. The van der Waals surface area contributed by atoms with Crippen LogP contribution < -0.4 is 10.5 Å². The van der Waals surface area contributed by atoms with E-state index in [0.717, 1.165) is 24.1 Å². The molecular formula is C16H24N2O. The zero-order chi connectivity index (χ0) is 13.1. The molecule has 104 valence electrons. The Morgan fingerprint density at radius 3 is 2.84 bits per heavy atom. The highest BCUT2D eigenvalue weighted by molar-refractivity contribution is 5.51. The predicted molar refractivity (Wildman–Crippen MR) is 78.3 cm³/mol. The number of nitrogens with zero attached hydrogens (tertiary/aromatic N) is 1. The summed E-state index contributed by atoms with van der Waals surface area (Å²) in [6, 6.07) is 8.55. The number of hydrogen-bond acceptors (Lipinski definition) is 3. The average Bonchev–Trinajstić information content (AvgIpc) is 2.46. The minimum Gasteiger partial charge on any atom is -0.491 e. The third-order valence-corrected chi connectivity index (χ3v) is 4.60. The van der Waals surface area contributed by atoms with Crippen LogP contribution in [-0.4, -0.2) is 30.6 Å². The molecule has 0 aromatic heterocycles. The molecule has 0 unspecified atom stereocenters. The maximum atomic E-state index is 5.97. The summed E-state index contributed by atoms with van der Waals surface area (Å²) < 4.78 is 5.97. The highest BCUT2D eigenvalue weighted by Gasteiger charge is 2.33. The van der Waals surface area contributed by atoms with Gasteiger partial charge in [-0.15, -0.1) is 0 Å². The molecule has 3 nitrogen and oxygen atoms in total. The molecule has 1 aromatic carbocycles. The van der Waals surface area contributed by atoms with Gasteiger partial charge in [0.05, 0.1) is 12.3 Å². The number of benzene rings is 1. The van der Waals surface area contributed by atoms with E-state index in [-0.39, 0.29) is 0 Å². The first-order valence-electron chi connectivity index (χ1n) is 7.56. The van der Waals surface area contributed by atoms with Crippen molar-refractivity contribution in [3.8, 4) is 5.75 Å². The van der Waals surface area contributed by atoms with Gasteiger partial charge in [0.1, 0.15) is 5.75 Å². The van der Waals surface area contributed by atoms with Crippen LogP contribution in [-0.2, 0) is 0 Å². The first-order chi connectivity index (χ1) is 9.34. The molecule has 3 rings (SSSR count). The zero-order valence-electron chi connectivity index (χ0n) is 11.6. The fourth-order valence-corrected chi connectivity index (χ4v) is 3.58. The number of piperidine rings is 2. The lowest BCUT2D eigenvalue weighted by Gasteiger charge is -2.44. The topological polar surface area (TPSA) is 38.5 Å². The van der Waals surface area contributed by atoms with E-state index in [4.69, 9.17) is 10.5 Å². The molecule has 2 atom stereocenters. The Hall–Kier alpha value is -1.22. The quantitative estimate of drug-likeness (QED) is 0.849. The van der Waals surface area contributed by atoms with Crippen LogP contribution in [0.3, 0.4) is 0 Å².